The van der Waals surface area contributed by atoms with Crippen molar-refractivity contribution in [3.63, 3.8) is 0 Å². The van der Waals surface area contributed by atoms with Crippen LogP contribution in [0.3, 0.4) is 0 Å². The lowest BCUT2D eigenvalue weighted by Crippen LogP contribution is -2.32. The summed E-state index contributed by atoms with van der Waals surface area (Å²) in [6, 6.07) is -0.232. The van der Waals surface area contributed by atoms with Crippen LogP contribution in [0.25, 0.3) is 0 Å². The molecule has 1 aromatic rings. The van der Waals surface area contributed by atoms with Gasteiger partial charge in [0.1, 0.15) is 17.6 Å². The van der Waals surface area contributed by atoms with Gasteiger partial charge in [-0.25, -0.2) is 4.39 Å². The first-order valence-corrected chi connectivity index (χ1v) is 4.87. The van der Waals surface area contributed by atoms with E-state index < -0.39 is 17.8 Å². The van der Waals surface area contributed by atoms with E-state index in [-0.39, 0.29) is 28.3 Å². The van der Waals surface area contributed by atoms with E-state index in [1.807, 2.05) is 0 Å². The molecule has 0 aliphatic carbocycles. The Labute approximate surface area is 96.4 Å². The van der Waals surface area contributed by atoms with Crippen molar-refractivity contribution in [2.75, 3.05) is 0 Å². The molecule has 88 valence electrons. The number of hydrogen-bond acceptors (Lipinski definition) is 3. The zero-order valence-electron chi connectivity index (χ0n) is 8.50. The quantitative estimate of drug-likeness (QED) is 0.755. The zero-order valence-corrected chi connectivity index (χ0v) is 9.25. The topological polar surface area (TPSA) is 83.5 Å². The molecule has 0 aliphatic rings. The number of benzene rings is 1. The van der Waals surface area contributed by atoms with E-state index >= 15 is 0 Å². The van der Waals surface area contributed by atoms with Crippen molar-refractivity contribution in [2.45, 2.75) is 19.4 Å². The normalized spacial score (nSPS) is 12.5. The van der Waals surface area contributed by atoms with Gasteiger partial charge >= 0.3 is 5.97 Å². The first-order chi connectivity index (χ1) is 7.34. The van der Waals surface area contributed by atoms with Gasteiger partial charge in [0.15, 0.2) is 0 Å². The molecule has 0 saturated carbocycles. The van der Waals surface area contributed by atoms with E-state index in [9.17, 15) is 14.3 Å². The first kappa shape index (κ1) is 12.7. The van der Waals surface area contributed by atoms with Gasteiger partial charge in [0, 0.05) is 12.0 Å². The van der Waals surface area contributed by atoms with Gasteiger partial charge in [-0.1, -0.05) is 11.6 Å². The van der Waals surface area contributed by atoms with Gasteiger partial charge < -0.3 is 15.9 Å². The van der Waals surface area contributed by atoms with Crippen molar-refractivity contribution in [3.8, 4) is 5.75 Å². The summed E-state index contributed by atoms with van der Waals surface area (Å²) in [5, 5.41) is 18.1. The van der Waals surface area contributed by atoms with E-state index in [0.717, 1.165) is 6.07 Å². The summed E-state index contributed by atoms with van der Waals surface area (Å²) in [6.45, 7) is 1.43. The summed E-state index contributed by atoms with van der Waals surface area (Å²) in [4.78, 5) is 10.6. The third kappa shape index (κ3) is 2.43. The molecular formula is C10H11ClFNO3. The van der Waals surface area contributed by atoms with Crippen LogP contribution in [0.4, 0.5) is 4.39 Å². The molecule has 1 unspecified atom stereocenters. The van der Waals surface area contributed by atoms with Crippen LogP contribution in [0.2, 0.25) is 5.02 Å². The molecule has 4 N–H and O–H groups in total. The summed E-state index contributed by atoms with van der Waals surface area (Å²) >= 11 is 5.58. The van der Waals surface area contributed by atoms with Crippen LogP contribution in [0.5, 0.6) is 5.75 Å². The lowest BCUT2D eigenvalue weighted by atomic mass is 10.00. The predicted octanol–water partition coefficient (Wildman–Crippen LogP) is 1.45. The van der Waals surface area contributed by atoms with Crippen molar-refractivity contribution in [1.82, 2.24) is 0 Å². The van der Waals surface area contributed by atoms with E-state index in [0.29, 0.717) is 0 Å². The number of carboxylic acid groups (broad SMARTS) is 1. The molecule has 0 amide bonds. The molecule has 0 aromatic heterocycles. The zero-order chi connectivity index (χ0) is 12.5. The molecular weight excluding hydrogens is 237 g/mol. The molecule has 16 heavy (non-hydrogen) atoms. The number of hydrogen-bond donors (Lipinski definition) is 3. The van der Waals surface area contributed by atoms with Gasteiger partial charge in [0.25, 0.3) is 0 Å². The second-order valence-corrected chi connectivity index (χ2v) is 3.85. The third-order valence-electron chi connectivity index (χ3n) is 2.32. The number of carbonyl (C=O) groups is 1. The molecule has 1 aromatic carbocycles. The Kier molecular flexibility index (Phi) is 3.72. The Bertz CT molecular complexity index is 410. The number of rotatable bonds is 3. The summed E-state index contributed by atoms with van der Waals surface area (Å²) in [6.07, 6.45) is -0.176. The fraction of sp³-hybridized carbons (Fsp3) is 0.300. The van der Waals surface area contributed by atoms with Gasteiger partial charge in [-0.2, -0.15) is 0 Å². The molecule has 0 radical (unpaired) electrons. The van der Waals surface area contributed by atoms with E-state index in [1.54, 1.807) is 0 Å². The van der Waals surface area contributed by atoms with Crippen LogP contribution < -0.4 is 5.73 Å². The summed E-state index contributed by atoms with van der Waals surface area (Å²) < 4.78 is 13.3. The predicted molar refractivity (Wildman–Crippen MR) is 57.1 cm³/mol. The molecule has 0 bridgehead atoms. The van der Waals surface area contributed by atoms with Crippen LogP contribution >= 0.6 is 11.6 Å². The smallest absolute Gasteiger partial charge is 0.320 e. The number of halogens is 2. The van der Waals surface area contributed by atoms with E-state index in [1.165, 1.54) is 6.92 Å². The maximum atomic E-state index is 13.3. The van der Waals surface area contributed by atoms with Crippen molar-refractivity contribution in [1.29, 1.82) is 0 Å². The standard InChI is InChI=1S/C10H11ClFNO3/c1-4-5(2-8(13)10(15)16)9(14)6(11)3-7(4)12/h3,8,14H,2,13H2,1H3,(H,15,16). The molecule has 4 nitrogen and oxygen atoms in total. The minimum atomic E-state index is -1.22. The SMILES string of the molecule is Cc1c(F)cc(Cl)c(O)c1CC(N)C(=O)O. The minimum Gasteiger partial charge on any atom is -0.506 e. The summed E-state index contributed by atoms with van der Waals surface area (Å²) in [5.74, 6) is -2.15. The lowest BCUT2D eigenvalue weighted by molar-refractivity contribution is -0.138. The molecule has 1 atom stereocenters. The summed E-state index contributed by atoms with van der Waals surface area (Å²) in [5.41, 5.74) is 5.59. The summed E-state index contributed by atoms with van der Waals surface area (Å²) in [7, 11) is 0. The number of phenols is 1. The maximum Gasteiger partial charge on any atom is 0.320 e. The van der Waals surface area contributed by atoms with Crippen LogP contribution in [0.1, 0.15) is 11.1 Å². The molecule has 0 heterocycles. The van der Waals surface area contributed by atoms with E-state index in [2.05, 4.69) is 0 Å². The van der Waals surface area contributed by atoms with Crippen molar-refractivity contribution < 1.29 is 19.4 Å². The minimum absolute atomic E-state index is 0.125. The van der Waals surface area contributed by atoms with E-state index in [4.69, 9.17) is 22.4 Å². The number of carboxylic acids is 1. The number of nitrogens with two attached hydrogens (primary N) is 1. The lowest BCUT2D eigenvalue weighted by Gasteiger charge is -2.13. The van der Waals surface area contributed by atoms with Crippen LogP contribution in [0.15, 0.2) is 6.07 Å². The van der Waals surface area contributed by atoms with Gasteiger partial charge in [-0.3, -0.25) is 4.79 Å². The Morgan fingerprint density at radius 2 is 2.25 bits per heavy atom. The Morgan fingerprint density at radius 1 is 1.69 bits per heavy atom. The van der Waals surface area contributed by atoms with Crippen molar-refractivity contribution in [3.05, 3.63) is 28.0 Å². The van der Waals surface area contributed by atoms with Gasteiger partial charge in [0.2, 0.25) is 0 Å². The van der Waals surface area contributed by atoms with Crippen LogP contribution in [0, 0.1) is 12.7 Å². The Balaban J connectivity index is 3.17. The second-order valence-electron chi connectivity index (χ2n) is 3.44. The van der Waals surface area contributed by atoms with Gasteiger partial charge in [0.05, 0.1) is 5.02 Å². The fourth-order valence-electron chi connectivity index (χ4n) is 1.31. The first-order valence-electron chi connectivity index (χ1n) is 4.49. The highest BCUT2D eigenvalue weighted by atomic mass is 35.5. The highest BCUT2D eigenvalue weighted by Gasteiger charge is 2.19. The second kappa shape index (κ2) is 4.67. The highest BCUT2D eigenvalue weighted by Crippen LogP contribution is 2.32. The number of aliphatic carboxylic acids is 1. The van der Waals surface area contributed by atoms with Gasteiger partial charge in [-0.15, -0.1) is 0 Å². The molecule has 0 spiro atoms. The average molecular weight is 248 g/mol. The molecule has 0 aliphatic heterocycles. The average Bonchev–Trinajstić information content (AvgIpc) is 2.21. The molecule has 1 rings (SSSR count). The van der Waals surface area contributed by atoms with Crippen LogP contribution in [-0.2, 0) is 11.2 Å². The fourth-order valence-corrected chi connectivity index (χ4v) is 1.52. The van der Waals surface area contributed by atoms with Gasteiger partial charge in [-0.05, 0) is 18.6 Å². The monoisotopic (exact) mass is 247 g/mol. The molecule has 0 fully saturated rings. The molecule has 6 heteroatoms. The number of phenolic OH excluding ortho intramolecular Hbond substituents is 1. The Morgan fingerprint density at radius 3 is 2.75 bits per heavy atom. The number of aromatic hydroxyl groups is 1. The van der Waals surface area contributed by atoms with Crippen molar-refractivity contribution >= 4 is 17.6 Å². The molecule has 0 saturated heterocycles. The third-order valence-corrected chi connectivity index (χ3v) is 2.61. The highest BCUT2D eigenvalue weighted by molar-refractivity contribution is 6.32. The van der Waals surface area contributed by atoms with Crippen molar-refractivity contribution in [2.24, 2.45) is 5.73 Å². The largest absolute Gasteiger partial charge is 0.506 e. The Hall–Kier alpha value is -1.33. The van der Waals surface area contributed by atoms with Crippen LogP contribution in [-0.4, -0.2) is 22.2 Å². The maximum absolute atomic E-state index is 13.3.